The predicted molar refractivity (Wildman–Crippen MR) is 122 cm³/mol. The van der Waals surface area contributed by atoms with E-state index >= 15 is 0 Å². The fourth-order valence-corrected chi connectivity index (χ4v) is 4.07. The summed E-state index contributed by atoms with van der Waals surface area (Å²) < 4.78 is 11.7. The second-order valence-electron chi connectivity index (χ2n) is 6.00. The molecule has 0 aromatic heterocycles. The lowest BCUT2D eigenvalue weighted by Crippen LogP contribution is -2.54. The minimum absolute atomic E-state index is 0.0222. The van der Waals surface area contributed by atoms with Gasteiger partial charge in [0.1, 0.15) is 5.57 Å². The Balaban J connectivity index is 2.08. The highest BCUT2D eigenvalue weighted by Gasteiger charge is 2.38. The second-order valence-corrected chi connectivity index (χ2v) is 7.95. The number of imide groups is 2. The third-order valence-corrected chi connectivity index (χ3v) is 5.73. The molecule has 0 aliphatic carbocycles. The first kappa shape index (κ1) is 22.4. The summed E-state index contributed by atoms with van der Waals surface area (Å²) in [5.74, 6) is -0.630. The Morgan fingerprint density at radius 1 is 1.20 bits per heavy atom. The molecule has 1 heterocycles. The third-order valence-electron chi connectivity index (χ3n) is 4.12. The predicted octanol–water partition coefficient (Wildman–Crippen LogP) is 4.67. The van der Waals surface area contributed by atoms with Gasteiger partial charge in [0.2, 0.25) is 0 Å². The molecule has 7 nitrogen and oxygen atoms in total. The van der Waals surface area contributed by atoms with Gasteiger partial charge < -0.3 is 9.47 Å². The van der Waals surface area contributed by atoms with Crippen LogP contribution >= 0.6 is 45.8 Å². The highest BCUT2D eigenvalue weighted by Crippen LogP contribution is 2.36. The molecule has 0 radical (unpaired) electrons. The number of halogens is 3. The molecule has 4 amide bonds. The number of carbonyl (C=O) groups is 3. The van der Waals surface area contributed by atoms with Crippen molar-refractivity contribution in [3.63, 3.8) is 0 Å². The molecule has 1 aliphatic rings. The minimum atomic E-state index is -0.911. The van der Waals surface area contributed by atoms with Crippen LogP contribution in [-0.4, -0.2) is 31.6 Å². The number of nitrogens with zero attached hydrogens (tertiary/aromatic N) is 1. The van der Waals surface area contributed by atoms with Gasteiger partial charge in [0.15, 0.2) is 11.5 Å². The molecule has 0 spiro atoms. The van der Waals surface area contributed by atoms with E-state index in [-0.39, 0.29) is 21.3 Å². The first-order valence-corrected chi connectivity index (χ1v) is 10.5. The Hall–Kier alpha value is -2.30. The molecule has 156 valence electrons. The van der Waals surface area contributed by atoms with Crippen molar-refractivity contribution in [3.05, 3.63) is 55.1 Å². The van der Waals surface area contributed by atoms with Crippen LogP contribution in [0, 0.1) is 3.57 Å². The van der Waals surface area contributed by atoms with Crippen LogP contribution in [0.15, 0.2) is 35.9 Å². The first-order chi connectivity index (χ1) is 14.3. The SMILES string of the molecule is CCOc1cc(/C=C2\C(=O)NC(=O)N(c3cccc(Cl)c3Cl)C2=O)cc(I)c1OC. The van der Waals surface area contributed by atoms with Gasteiger partial charge in [-0.3, -0.25) is 14.9 Å². The van der Waals surface area contributed by atoms with Crippen LogP contribution in [0.2, 0.25) is 10.0 Å². The summed E-state index contributed by atoms with van der Waals surface area (Å²) in [5, 5.41) is 2.34. The summed E-state index contributed by atoms with van der Waals surface area (Å²) in [6.45, 7) is 2.23. The highest BCUT2D eigenvalue weighted by atomic mass is 127. The number of urea groups is 1. The number of anilines is 1. The van der Waals surface area contributed by atoms with E-state index in [9.17, 15) is 14.4 Å². The lowest BCUT2D eigenvalue weighted by atomic mass is 10.1. The van der Waals surface area contributed by atoms with Crippen LogP contribution in [0.1, 0.15) is 12.5 Å². The molecule has 0 bridgehead atoms. The molecule has 1 aliphatic heterocycles. The third kappa shape index (κ3) is 4.26. The first-order valence-electron chi connectivity index (χ1n) is 8.64. The van der Waals surface area contributed by atoms with Crippen LogP contribution in [0.3, 0.4) is 0 Å². The zero-order valence-corrected chi connectivity index (χ0v) is 19.5. The lowest BCUT2D eigenvalue weighted by molar-refractivity contribution is -0.122. The van der Waals surface area contributed by atoms with Crippen molar-refractivity contribution in [2.75, 3.05) is 18.6 Å². The number of rotatable bonds is 5. The maximum atomic E-state index is 13.0. The van der Waals surface area contributed by atoms with E-state index in [0.717, 1.165) is 8.47 Å². The monoisotopic (exact) mass is 560 g/mol. The van der Waals surface area contributed by atoms with E-state index < -0.39 is 17.8 Å². The quantitative estimate of drug-likeness (QED) is 0.326. The summed E-state index contributed by atoms with van der Waals surface area (Å²) in [6, 6.07) is 6.99. The van der Waals surface area contributed by atoms with Crippen LogP contribution in [0.25, 0.3) is 6.08 Å². The normalized spacial score (nSPS) is 15.4. The molecule has 2 aromatic carbocycles. The van der Waals surface area contributed by atoms with Gasteiger partial charge in [-0.2, -0.15) is 0 Å². The number of hydrogen-bond donors (Lipinski definition) is 1. The second kappa shape index (κ2) is 9.23. The molecule has 1 fully saturated rings. The summed E-state index contributed by atoms with van der Waals surface area (Å²) >= 11 is 14.2. The zero-order valence-electron chi connectivity index (χ0n) is 15.8. The fourth-order valence-electron chi connectivity index (χ4n) is 2.84. The average molecular weight is 561 g/mol. The van der Waals surface area contributed by atoms with Gasteiger partial charge in [0, 0.05) is 0 Å². The van der Waals surface area contributed by atoms with Crippen LogP contribution < -0.4 is 19.7 Å². The summed E-state index contributed by atoms with van der Waals surface area (Å²) in [7, 11) is 1.52. The number of carbonyl (C=O) groups excluding carboxylic acids is 3. The van der Waals surface area contributed by atoms with Crippen molar-refractivity contribution in [2.45, 2.75) is 6.92 Å². The Morgan fingerprint density at radius 2 is 1.93 bits per heavy atom. The van der Waals surface area contributed by atoms with Gasteiger partial charge >= 0.3 is 6.03 Å². The maximum absolute atomic E-state index is 13.0. The average Bonchev–Trinajstić information content (AvgIpc) is 2.68. The van der Waals surface area contributed by atoms with Gasteiger partial charge in [0.25, 0.3) is 11.8 Å². The lowest BCUT2D eigenvalue weighted by Gasteiger charge is -2.27. The van der Waals surface area contributed by atoms with Crippen LogP contribution in [-0.2, 0) is 9.59 Å². The smallest absolute Gasteiger partial charge is 0.336 e. The van der Waals surface area contributed by atoms with Gasteiger partial charge in [0.05, 0.1) is 33.0 Å². The summed E-state index contributed by atoms with van der Waals surface area (Å²) in [4.78, 5) is 38.6. The van der Waals surface area contributed by atoms with Gasteiger partial charge in [-0.05, 0) is 65.4 Å². The molecule has 10 heteroatoms. The highest BCUT2D eigenvalue weighted by molar-refractivity contribution is 14.1. The van der Waals surface area contributed by atoms with Crippen molar-refractivity contribution < 1.29 is 23.9 Å². The maximum Gasteiger partial charge on any atom is 0.336 e. The molecule has 0 saturated carbocycles. The van der Waals surface area contributed by atoms with E-state index in [1.165, 1.54) is 25.3 Å². The molecule has 30 heavy (non-hydrogen) atoms. The van der Waals surface area contributed by atoms with Crippen LogP contribution in [0.5, 0.6) is 11.5 Å². The van der Waals surface area contributed by atoms with Gasteiger partial charge in [-0.1, -0.05) is 29.3 Å². The number of barbiturate groups is 1. The van der Waals surface area contributed by atoms with Crippen molar-refractivity contribution >= 4 is 75.4 Å². The summed E-state index contributed by atoms with van der Waals surface area (Å²) in [6.07, 6.45) is 1.37. The molecule has 0 unspecified atom stereocenters. The zero-order chi connectivity index (χ0) is 22.0. The number of hydrogen-bond acceptors (Lipinski definition) is 5. The van der Waals surface area contributed by atoms with Gasteiger partial charge in [-0.15, -0.1) is 0 Å². The molecule has 0 atom stereocenters. The standard InChI is InChI=1S/C20H15Cl2IN2O5/c1-3-30-15-9-10(8-13(23)17(15)29-2)7-11-18(26)24-20(28)25(19(11)27)14-6-4-5-12(21)16(14)22/h4-9H,3H2,1-2H3,(H,24,26,28)/b11-7+. The topological polar surface area (TPSA) is 84.9 Å². The molecule has 1 saturated heterocycles. The van der Waals surface area contributed by atoms with Crippen molar-refractivity contribution in [1.82, 2.24) is 5.32 Å². The number of amides is 4. The summed E-state index contributed by atoms with van der Waals surface area (Å²) in [5.41, 5.74) is 0.354. The van der Waals surface area contributed by atoms with E-state index in [1.807, 2.05) is 6.92 Å². The molecule has 2 aromatic rings. The van der Waals surface area contributed by atoms with Crippen molar-refractivity contribution in [3.8, 4) is 11.5 Å². The number of ether oxygens (including phenoxy) is 2. The van der Waals surface area contributed by atoms with E-state index in [4.69, 9.17) is 32.7 Å². The fraction of sp³-hybridized carbons (Fsp3) is 0.150. The number of nitrogens with one attached hydrogen (secondary N) is 1. The van der Waals surface area contributed by atoms with E-state index in [0.29, 0.717) is 23.7 Å². The van der Waals surface area contributed by atoms with E-state index in [2.05, 4.69) is 27.9 Å². The molecule has 3 rings (SSSR count). The Labute approximate surface area is 196 Å². The van der Waals surface area contributed by atoms with Crippen molar-refractivity contribution in [1.29, 1.82) is 0 Å². The molecular weight excluding hydrogens is 546 g/mol. The number of methoxy groups -OCH3 is 1. The minimum Gasteiger partial charge on any atom is -0.492 e. The van der Waals surface area contributed by atoms with Gasteiger partial charge in [-0.25, -0.2) is 9.69 Å². The largest absolute Gasteiger partial charge is 0.492 e. The molecular formula is C20H15Cl2IN2O5. The van der Waals surface area contributed by atoms with E-state index in [1.54, 1.807) is 18.2 Å². The van der Waals surface area contributed by atoms with Crippen LogP contribution in [0.4, 0.5) is 10.5 Å². The Kier molecular flexibility index (Phi) is 6.89. The molecule has 1 N–H and O–H groups in total. The Bertz CT molecular complexity index is 1090. The number of benzene rings is 2. The Morgan fingerprint density at radius 3 is 2.60 bits per heavy atom. The van der Waals surface area contributed by atoms with Crippen molar-refractivity contribution in [2.24, 2.45) is 0 Å².